The number of nitrogens with zero attached hydrogens (tertiary/aromatic N) is 1. The number of rotatable bonds is 9. The second-order valence-corrected chi connectivity index (χ2v) is 16.2. The van der Waals surface area contributed by atoms with Crippen LogP contribution in [0, 0.1) is 0 Å². The Balaban J connectivity index is 0.901. The van der Waals surface area contributed by atoms with Gasteiger partial charge < -0.3 is 4.90 Å². The Bertz CT molecular complexity index is 3320. The van der Waals surface area contributed by atoms with Gasteiger partial charge in [-0.2, -0.15) is 0 Å². The zero-order chi connectivity index (χ0) is 42.0. The van der Waals surface area contributed by atoms with Crippen LogP contribution in [-0.4, -0.2) is 0 Å². The Labute approximate surface area is 369 Å². The first-order valence-electron chi connectivity index (χ1n) is 21.6. The molecule has 0 fully saturated rings. The van der Waals surface area contributed by atoms with Crippen LogP contribution < -0.4 is 4.90 Å². The minimum Gasteiger partial charge on any atom is -0.311 e. The maximum atomic E-state index is 2.35. The van der Waals surface area contributed by atoms with Gasteiger partial charge in [0.05, 0.1) is 0 Å². The molecule has 0 aliphatic carbocycles. The van der Waals surface area contributed by atoms with Gasteiger partial charge in [-0.15, -0.1) is 0 Å². The molecular formula is C62H43N. The third-order valence-electron chi connectivity index (χ3n) is 12.3. The summed E-state index contributed by atoms with van der Waals surface area (Å²) in [5.41, 5.74) is 17.8. The average Bonchev–Trinajstić information content (AvgIpc) is 3.37. The van der Waals surface area contributed by atoms with E-state index in [0.29, 0.717) is 0 Å². The van der Waals surface area contributed by atoms with Crippen LogP contribution in [0.25, 0.3) is 88.3 Å². The lowest BCUT2D eigenvalue weighted by atomic mass is 9.96. The zero-order valence-electron chi connectivity index (χ0n) is 34.8. The van der Waals surface area contributed by atoms with Crippen LogP contribution in [0.2, 0.25) is 0 Å². The Morgan fingerprint density at radius 1 is 0.190 bits per heavy atom. The summed E-state index contributed by atoms with van der Waals surface area (Å²) in [5.74, 6) is 0. The van der Waals surface area contributed by atoms with Crippen molar-refractivity contribution in [2.24, 2.45) is 0 Å². The van der Waals surface area contributed by atoms with Gasteiger partial charge in [-0.3, -0.25) is 0 Å². The molecule has 296 valence electrons. The third kappa shape index (κ3) is 7.69. The molecule has 0 aliphatic rings. The molecule has 0 bridgehead atoms. The smallest absolute Gasteiger partial charge is 0.0462 e. The number of benzene rings is 11. The van der Waals surface area contributed by atoms with Crippen molar-refractivity contribution < 1.29 is 0 Å². The number of anilines is 3. The highest BCUT2D eigenvalue weighted by Gasteiger charge is 2.15. The molecule has 0 atom stereocenters. The molecule has 63 heavy (non-hydrogen) atoms. The van der Waals surface area contributed by atoms with E-state index < -0.39 is 0 Å². The number of hydrogen-bond donors (Lipinski definition) is 0. The highest BCUT2D eigenvalue weighted by atomic mass is 15.1. The maximum absolute atomic E-state index is 2.35. The van der Waals surface area contributed by atoms with E-state index in [1.54, 1.807) is 0 Å². The summed E-state index contributed by atoms with van der Waals surface area (Å²) in [7, 11) is 0. The first-order chi connectivity index (χ1) is 31.2. The minimum absolute atomic E-state index is 1.09. The molecule has 0 N–H and O–H groups in total. The first kappa shape index (κ1) is 37.7. The van der Waals surface area contributed by atoms with Gasteiger partial charge >= 0.3 is 0 Å². The molecule has 0 aromatic heterocycles. The molecule has 0 saturated heterocycles. The normalized spacial score (nSPS) is 11.2. The summed E-state index contributed by atoms with van der Waals surface area (Å²) in [6.45, 7) is 0. The molecule has 0 heterocycles. The van der Waals surface area contributed by atoms with E-state index in [1.165, 1.54) is 88.3 Å². The number of fused-ring (bicyclic) bond motifs is 2. The van der Waals surface area contributed by atoms with E-state index in [2.05, 4.69) is 266 Å². The molecule has 0 amide bonds. The van der Waals surface area contributed by atoms with E-state index in [4.69, 9.17) is 0 Å². The second kappa shape index (κ2) is 16.7. The van der Waals surface area contributed by atoms with E-state index in [0.717, 1.165) is 17.1 Å². The standard InChI is InChI=1S/C62H43N/c1-2-10-44(11-3-1)55-16-8-17-56(42-55)51-34-40-60(41-35-51)63(58-36-30-48(31-37-58)46-20-22-50(23-21-46)57-29-26-45-12-4-5-14-54(45)43-57)59-38-32-49(33-39-59)47-24-27-53(28-25-47)62-19-9-15-52-13-6-7-18-61(52)62/h1-43H. The number of hydrogen-bond acceptors (Lipinski definition) is 1. The SMILES string of the molecule is c1ccc(-c2cccc(-c3ccc(N(c4ccc(-c5ccc(-c6ccc7ccccc7c6)cc5)cc4)c4ccc(-c5ccc(-c6cccc7ccccc67)cc5)cc4)cc3)c2)cc1. The molecule has 1 nitrogen and oxygen atoms in total. The Morgan fingerprint density at radius 2 is 0.540 bits per heavy atom. The molecule has 0 unspecified atom stereocenters. The van der Waals surface area contributed by atoms with Crippen LogP contribution in [0.5, 0.6) is 0 Å². The van der Waals surface area contributed by atoms with Crippen molar-refractivity contribution >= 4 is 38.6 Å². The predicted molar refractivity (Wildman–Crippen MR) is 269 cm³/mol. The van der Waals surface area contributed by atoms with Gasteiger partial charge in [0.2, 0.25) is 0 Å². The zero-order valence-corrected chi connectivity index (χ0v) is 34.8. The van der Waals surface area contributed by atoms with Crippen LogP contribution in [0.15, 0.2) is 261 Å². The Hall–Kier alpha value is -8.26. The summed E-state index contributed by atoms with van der Waals surface area (Å²) in [6, 6.07) is 94.5. The fourth-order valence-corrected chi connectivity index (χ4v) is 8.91. The summed E-state index contributed by atoms with van der Waals surface area (Å²) in [5, 5.41) is 5.04. The second-order valence-electron chi connectivity index (χ2n) is 16.2. The fraction of sp³-hybridized carbons (Fsp3) is 0. The quantitative estimate of drug-likeness (QED) is 0.141. The van der Waals surface area contributed by atoms with E-state index >= 15 is 0 Å². The van der Waals surface area contributed by atoms with Crippen LogP contribution >= 0.6 is 0 Å². The van der Waals surface area contributed by atoms with Gasteiger partial charge in [0.15, 0.2) is 0 Å². The van der Waals surface area contributed by atoms with Crippen molar-refractivity contribution in [1.82, 2.24) is 0 Å². The van der Waals surface area contributed by atoms with Crippen molar-refractivity contribution in [3.05, 3.63) is 261 Å². The molecule has 0 spiro atoms. The largest absolute Gasteiger partial charge is 0.311 e. The molecule has 0 aliphatic heterocycles. The van der Waals surface area contributed by atoms with Gasteiger partial charge in [-0.05, 0) is 137 Å². The predicted octanol–water partition coefficient (Wildman–Crippen LogP) is 17.5. The van der Waals surface area contributed by atoms with Crippen LogP contribution in [-0.2, 0) is 0 Å². The molecule has 0 radical (unpaired) electrons. The van der Waals surface area contributed by atoms with Gasteiger partial charge in [0.1, 0.15) is 0 Å². The van der Waals surface area contributed by atoms with Crippen molar-refractivity contribution in [2.75, 3.05) is 4.90 Å². The van der Waals surface area contributed by atoms with Crippen LogP contribution in [0.4, 0.5) is 17.1 Å². The monoisotopic (exact) mass is 801 g/mol. The first-order valence-corrected chi connectivity index (χ1v) is 21.6. The van der Waals surface area contributed by atoms with Gasteiger partial charge in [-0.1, -0.05) is 212 Å². The molecule has 1 heteroatoms. The van der Waals surface area contributed by atoms with Crippen molar-refractivity contribution in [1.29, 1.82) is 0 Å². The Kier molecular flexibility index (Phi) is 9.97. The van der Waals surface area contributed by atoms with Crippen molar-refractivity contribution in [3.63, 3.8) is 0 Å². The highest BCUT2D eigenvalue weighted by molar-refractivity contribution is 5.97. The summed E-state index contributed by atoms with van der Waals surface area (Å²) >= 11 is 0. The molecule has 0 saturated carbocycles. The van der Waals surface area contributed by atoms with Crippen LogP contribution in [0.3, 0.4) is 0 Å². The topological polar surface area (TPSA) is 3.24 Å². The van der Waals surface area contributed by atoms with E-state index in [-0.39, 0.29) is 0 Å². The third-order valence-corrected chi connectivity index (χ3v) is 12.3. The Morgan fingerprint density at radius 3 is 1.10 bits per heavy atom. The van der Waals surface area contributed by atoms with Crippen molar-refractivity contribution in [2.45, 2.75) is 0 Å². The molecule has 11 aromatic rings. The average molecular weight is 802 g/mol. The van der Waals surface area contributed by atoms with Gasteiger partial charge in [0.25, 0.3) is 0 Å². The molecule has 11 aromatic carbocycles. The van der Waals surface area contributed by atoms with Crippen LogP contribution in [0.1, 0.15) is 0 Å². The van der Waals surface area contributed by atoms with E-state index in [9.17, 15) is 0 Å². The summed E-state index contributed by atoms with van der Waals surface area (Å²) in [4.78, 5) is 2.35. The molecule has 11 rings (SSSR count). The van der Waals surface area contributed by atoms with Crippen molar-refractivity contribution in [3.8, 4) is 66.8 Å². The molecular weight excluding hydrogens is 759 g/mol. The summed E-state index contributed by atoms with van der Waals surface area (Å²) in [6.07, 6.45) is 0. The fourth-order valence-electron chi connectivity index (χ4n) is 8.91. The minimum atomic E-state index is 1.09. The lowest BCUT2D eigenvalue weighted by Gasteiger charge is -2.26. The van der Waals surface area contributed by atoms with Gasteiger partial charge in [0, 0.05) is 17.1 Å². The summed E-state index contributed by atoms with van der Waals surface area (Å²) < 4.78 is 0. The highest BCUT2D eigenvalue weighted by Crippen LogP contribution is 2.39. The lowest BCUT2D eigenvalue weighted by Crippen LogP contribution is -2.09. The maximum Gasteiger partial charge on any atom is 0.0462 e. The lowest BCUT2D eigenvalue weighted by molar-refractivity contribution is 1.28. The van der Waals surface area contributed by atoms with Gasteiger partial charge in [-0.25, -0.2) is 0 Å². The van der Waals surface area contributed by atoms with E-state index in [1.807, 2.05) is 0 Å².